The van der Waals surface area contributed by atoms with Gasteiger partial charge in [-0.1, -0.05) is 0 Å². The number of urea groups is 1. The van der Waals surface area contributed by atoms with Gasteiger partial charge in [-0.15, -0.1) is 0 Å². The molecule has 1 unspecified atom stereocenters. The van der Waals surface area contributed by atoms with Crippen LogP contribution in [0.15, 0.2) is 24.3 Å². The first-order valence-electron chi connectivity index (χ1n) is 6.13. The Balaban J connectivity index is 2.17. The van der Waals surface area contributed by atoms with Crippen LogP contribution in [0.5, 0.6) is 5.75 Å². The summed E-state index contributed by atoms with van der Waals surface area (Å²) in [6.45, 7) is 2.81. The molecular formula is C13H16N2O4. The minimum atomic E-state index is -0.919. The van der Waals surface area contributed by atoms with Crippen LogP contribution in [0.2, 0.25) is 0 Å². The summed E-state index contributed by atoms with van der Waals surface area (Å²) < 4.78 is 5.33. The fraction of sp³-hybridized carbons (Fsp3) is 0.385. The van der Waals surface area contributed by atoms with E-state index in [4.69, 9.17) is 9.84 Å². The van der Waals surface area contributed by atoms with Gasteiger partial charge in [-0.25, -0.2) is 4.79 Å². The Labute approximate surface area is 111 Å². The van der Waals surface area contributed by atoms with Crippen molar-refractivity contribution >= 4 is 17.7 Å². The van der Waals surface area contributed by atoms with E-state index in [-0.39, 0.29) is 18.5 Å². The minimum absolute atomic E-state index is 0.0774. The maximum absolute atomic E-state index is 11.8. The molecule has 6 nitrogen and oxygen atoms in total. The fourth-order valence-electron chi connectivity index (χ4n) is 2.11. The summed E-state index contributed by atoms with van der Waals surface area (Å²) >= 11 is 0. The van der Waals surface area contributed by atoms with Gasteiger partial charge in [0.15, 0.2) is 0 Å². The topological polar surface area (TPSA) is 78.9 Å². The normalized spacial score (nSPS) is 18.3. The molecule has 19 heavy (non-hydrogen) atoms. The van der Waals surface area contributed by atoms with Gasteiger partial charge in [0.1, 0.15) is 5.75 Å². The van der Waals surface area contributed by atoms with E-state index in [0.717, 1.165) is 5.75 Å². The van der Waals surface area contributed by atoms with Crippen LogP contribution in [0.3, 0.4) is 0 Å². The third kappa shape index (κ3) is 2.96. The van der Waals surface area contributed by atoms with Gasteiger partial charge in [-0.05, 0) is 31.2 Å². The Kier molecular flexibility index (Phi) is 3.89. The smallest absolute Gasteiger partial charge is 0.322 e. The molecule has 0 radical (unpaired) electrons. The van der Waals surface area contributed by atoms with E-state index in [1.165, 1.54) is 4.90 Å². The molecule has 1 aliphatic rings. The monoisotopic (exact) mass is 264 g/mol. The molecule has 0 aliphatic carbocycles. The molecule has 0 aromatic heterocycles. The van der Waals surface area contributed by atoms with Gasteiger partial charge < -0.3 is 15.2 Å². The van der Waals surface area contributed by atoms with E-state index in [2.05, 4.69) is 5.32 Å². The number of carboxylic acids is 1. The van der Waals surface area contributed by atoms with Crippen LogP contribution < -0.4 is 15.0 Å². The standard InChI is InChI=1S/C13H16N2O4/c1-2-19-11-5-3-9(4-6-11)15-10(7-12(16)17)8-14-13(15)18/h3-6,10H,2,7-8H2,1H3,(H,14,18)(H,16,17). The van der Waals surface area contributed by atoms with Crippen LogP contribution in [0, 0.1) is 0 Å². The Bertz CT molecular complexity index is 472. The lowest BCUT2D eigenvalue weighted by molar-refractivity contribution is -0.137. The van der Waals surface area contributed by atoms with Crippen LogP contribution in [0.1, 0.15) is 13.3 Å². The number of rotatable bonds is 5. The van der Waals surface area contributed by atoms with Crippen molar-refractivity contribution in [1.82, 2.24) is 5.32 Å². The second-order valence-electron chi connectivity index (χ2n) is 4.23. The Morgan fingerprint density at radius 1 is 1.47 bits per heavy atom. The number of ether oxygens (including phenoxy) is 1. The van der Waals surface area contributed by atoms with E-state index in [0.29, 0.717) is 18.8 Å². The van der Waals surface area contributed by atoms with Crippen LogP contribution in [0.25, 0.3) is 0 Å². The molecule has 2 amide bonds. The third-order valence-corrected chi connectivity index (χ3v) is 2.91. The van der Waals surface area contributed by atoms with Gasteiger partial charge in [0.05, 0.1) is 19.1 Å². The molecule has 2 N–H and O–H groups in total. The van der Waals surface area contributed by atoms with Crippen LogP contribution in [-0.4, -0.2) is 36.3 Å². The number of hydrogen-bond donors (Lipinski definition) is 2. The number of hydrogen-bond acceptors (Lipinski definition) is 3. The summed E-state index contributed by atoms with van der Waals surface area (Å²) in [5.41, 5.74) is 0.671. The highest BCUT2D eigenvalue weighted by molar-refractivity contribution is 5.95. The number of amides is 2. The molecule has 1 aromatic rings. The Morgan fingerprint density at radius 3 is 2.74 bits per heavy atom. The van der Waals surface area contributed by atoms with Crippen molar-refractivity contribution in [3.05, 3.63) is 24.3 Å². The van der Waals surface area contributed by atoms with E-state index >= 15 is 0 Å². The van der Waals surface area contributed by atoms with E-state index in [1.807, 2.05) is 6.92 Å². The van der Waals surface area contributed by atoms with Crippen molar-refractivity contribution in [2.24, 2.45) is 0 Å². The second-order valence-corrected chi connectivity index (χ2v) is 4.23. The first kappa shape index (κ1) is 13.2. The molecule has 1 fully saturated rings. The summed E-state index contributed by atoms with van der Waals surface area (Å²) in [4.78, 5) is 24.0. The maximum atomic E-state index is 11.8. The summed E-state index contributed by atoms with van der Waals surface area (Å²) in [6, 6.07) is 6.42. The van der Waals surface area contributed by atoms with Gasteiger partial charge in [0.25, 0.3) is 0 Å². The molecule has 0 bridgehead atoms. The van der Waals surface area contributed by atoms with E-state index in [9.17, 15) is 9.59 Å². The molecule has 1 aromatic carbocycles. The number of carbonyl (C=O) groups excluding carboxylic acids is 1. The third-order valence-electron chi connectivity index (χ3n) is 2.91. The molecule has 0 saturated carbocycles. The quantitative estimate of drug-likeness (QED) is 0.843. The largest absolute Gasteiger partial charge is 0.494 e. The molecule has 0 spiro atoms. The summed E-state index contributed by atoms with van der Waals surface area (Å²) in [5.74, 6) is -0.196. The average Bonchev–Trinajstić information content (AvgIpc) is 2.71. The van der Waals surface area contributed by atoms with Gasteiger partial charge in [0.2, 0.25) is 0 Å². The van der Waals surface area contributed by atoms with Gasteiger partial charge >= 0.3 is 12.0 Å². The zero-order valence-corrected chi connectivity index (χ0v) is 10.6. The maximum Gasteiger partial charge on any atom is 0.322 e. The first-order valence-corrected chi connectivity index (χ1v) is 6.13. The van der Waals surface area contributed by atoms with Crippen molar-refractivity contribution in [3.8, 4) is 5.75 Å². The van der Waals surface area contributed by atoms with Crippen molar-refractivity contribution in [1.29, 1.82) is 0 Å². The first-order chi connectivity index (χ1) is 9.11. The lowest BCUT2D eigenvalue weighted by atomic mass is 10.1. The van der Waals surface area contributed by atoms with Crippen molar-refractivity contribution in [2.75, 3.05) is 18.1 Å². The average molecular weight is 264 g/mol. The number of nitrogens with one attached hydrogen (secondary N) is 1. The van der Waals surface area contributed by atoms with E-state index in [1.54, 1.807) is 24.3 Å². The number of carboxylic acid groups (broad SMARTS) is 1. The number of carbonyl (C=O) groups is 2. The Morgan fingerprint density at radius 2 is 2.16 bits per heavy atom. The summed E-state index contributed by atoms with van der Waals surface area (Å²) in [5, 5.41) is 11.5. The van der Waals surface area contributed by atoms with Crippen LogP contribution in [0.4, 0.5) is 10.5 Å². The predicted octanol–water partition coefficient (Wildman–Crippen LogP) is 1.46. The van der Waals surface area contributed by atoms with Gasteiger partial charge in [-0.3, -0.25) is 9.69 Å². The van der Waals surface area contributed by atoms with Crippen LogP contribution in [-0.2, 0) is 4.79 Å². The number of anilines is 1. The van der Waals surface area contributed by atoms with Gasteiger partial charge in [-0.2, -0.15) is 0 Å². The zero-order valence-electron chi connectivity index (χ0n) is 10.6. The van der Waals surface area contributed by atoms with Crippen molar-refractivity contribution in [2.45, 2.75) is 19.4 Å². The molecule has 1 heterocycles. The highest BCUT2D eigenvalue weighted by Crippen LogP contribution is 2.24. The number of nitrogens with zero attached hydrogens (tertiary/aromatic N) is 1. The molecule has 102 valence electrons. The molecule has 2 rings (SSSR count). The number of benzene rings is 1. The molecule has 1 aliphatic heterocycles. The van der Waals surface area contributed by atoms with Gasteiger partial charge in [0, 0.05) is 12.2 Å². The van der Waals surface area contributed by atoms with Crippen molar-refractivity contribution < 1.29 is 19.4 Å². The summed E-state index contributed by atoms with van der Waals surface area (Å²) in [6.07, 6.45) is -0.0774. The summed E-state index contributed by atoms with van der Waals surface area (Å²) in [7, 11) is 0. The Hall–Kier alpha value is -2.24. The molecule has 1 saturated heterocycles. The number of aliphatic carboxylic acids is 1. The lowest BCUT2D eigenvalue weighted by Crippen LogP contribution is -2.35. The molecule has 6 heteroatoms. The van der Waals surface area contributed by atoms with E-state index < -0.39 is 5.97 Å². The predicted molar refractivity (Wildman–Crippen MR) is 69.5 cm³/mol. The fourth-order valence-corrected chi connectivity index (χ4v) is 2.11. The molecule has 1 atom stereocenters. The minimum Gasteiger partial charge on any atom is -0.494 e. The molecular weight excluding hydrogens is 248 g/mol. The van der Waals surface area contributed by atoms with Crippen LogP contribution >= 0.6 is 0 Å². The zero-order chi connectivity index (χ0) is 13.8. The second kappa shape index (κ2) is 5.60. The lowest BCUT2D eigenvalue weighted by Gasteiger charge is -2.22. The SMILES string of the molecule is CCOc1ccc(N2C(=O)NCC2CC(=O)O)cc1. The highest BCUT2D eigenvalue weighted by Gasteiger charge is 2.33. The highest BCUT2D eigenvalue weighted by atomic mass is 16.5. The van der Waals surface area contributed by atoms with Crippen molar-refractivity contribution in [3.63, 3.8) is 0 Å².